The van der Waals surface area contributed by atoms with Crippen molar-refractivity contribution in [1.82, 2.24) is 5.32 Å². The van der Waals surface area contributed by atoms with Crippen molar-refractivity contribution < 1.29 is 14.3 Å². The van der Waals surface area contributed by atoms with Crippen LogP contribution in [0.5, 0.6) is 0 Å². The molecule has 3 N–H and O–H groups in total. The first-order valence-electron chi connectivity index (χ1n) is 7.37. The molecule has 0 unspecified atom stereocenters. The SMILES string of the molecule is O=C(Nc1ccccc1Cl)N[C@H](OC(=O)Nc1ccc(Cl)c(Cl)c1)C(Cl)(Cl)Cl. The Morgan fingerprint density at radius 3 is 2.18 bits per heavy atom. The third-order valence-corrected chi connectivity index (χ3v) is 4.74. The lowest BCUT2D eigenvalue weighted by Crippen LogP contribution is -2.49. The molecule has 3 amide bonds. The molecule has 12 heteroatoms. The molecule has 0 aliphatic rings. The van der Waals surface area contributed by atoms with Crippen molar-refractivity contribution in [1.29, 1.82) is 0 Å². The van der Waals surface area contributed by atoms with Gasteiger partial charge in [0.25, 0.3) is 0 Å². The van der Waals surface area contributed by atoms with Crippen LogP contribution in [-0.2, 0) is 4.74 Å². The van der Waals surface area contributed by atoms with Gasteiger partial charge in [-0.05, 0) is 30.3 Å². The van der Waals surface area contributed by atoms with Crippen molar-refractivity contribution in [2.24, 2.45) is 0 Å². The number of carbonyl (C=O) groups excluding carboxylic acids is 2. The Hall–Kier alpha value is -1.28. The number of rotatable bonds is 4. The van der Waals surface area contributed by atoms with Crippen LogP contribution >= 0.6 is 69.6 Å². The highest BCUT2D eigenvalue weighted by molar-refractivity contribution is 6.68. The molecule has 0 bridgehead atoms. The van der Waals surface area contributed by atoms with Crippen molar-refractivity contribution in [2.75, 3.05) is 10.6 Å². The molecule has 28 heavy (non-hydrogen) atoms. The van der Waals surface area contributed by atoms with Gasteiger partial charge in [-0.15, -0.1) is 0 Å². The van der Waals surface area contributed by atoms with Crippen molar-refractivity contribution in [3.63, 3.8) is 0 Å². The highest BCUT2D eigenvalue weighted by Crippen LogP contribution is 2.32. The van der Waals surface area contributed by atoms with E-state index >= 15 is 0 Å². The second kappa shape index (κ2) is 9.96. The second-order valence-corrected chi connectivity index (χ2v) is 8.75. The zero-order chi connectivity index (χ0) is 20.9. The number of benzene rings is 2. The predicted octanol–water partition coefficient (Wildman–Crippen LogP) is 6.71. The van der Waals surface area contributed by atoms with Crippen LogP contribution in [0.4, 0.5) is 21.0 Å². The van der Waals surface area contributed by atoms with E-state index in [0.29, 0.717) is 15.7 Å². The Balaban J connectivity index is 2.02. The van der Waals surface area contributed by atoms with Gasteiger partial charge in [0.05, 0.1) is 20.8 Å². The summed E-state index contributed by atoms with van der Waals surface area (Å²) in [5.74, 6) is 0. The van der Waals surface area contributed by atoms with Crippen LogP contribution in [0.3, 0.4) is 0 Å². The summed E-state index contributed by atoms with van der Waals surface area (Å²) in [6, 6.07) is 10.0. The monoisotopic (exact) mass is 503 g/mol. The molecule has 2 aromatic carbocycles. The summed E-state index contributed by atoms with van der Waals surface area (Å²) in [5.41, 5.74) is 0.591. The molecule has 0 saturated carbocycles. The molecular weight excluding hydrogens is 495 g/mol. The number of alkyl halides is 3. The van der Waals surface area contributed by atoms with Gasteiger partial charge in [-0.1, -0.05) is 81.7 Å². The van der Waals surface area contributed by atoms with Crippen LogP contribution in [0, 0.1) is 0 Å². The number of ether oxygens (including phenoxy) is 1. The van der Waals surface area contributed by atoms with Gasteiger partial charge >= 0.3 is 12.1 Å². The van der Waals surface area contributed by atoms with Crippen LogP contribution in [-0.4, -0.2) is 22.1 Å². The number of amides is 3. The van der Waals surface area contributed by atoms with E-state index < -0.39 is 22.1 Å². The standard InChI is InChI=1S/C16H11Cl6N3O3/c17-9-6-5-8(7-11(9)19)23-15(27)28-13(16(20,21)22)25-14(26)24-12-4-2-1-3-10(12)18/h1-7,13H,(H,23,27)(H2,24,25,26)/t13-/m1/s1. The van der Waals surface area contributed by atoms with Crippen molar-refractivity contribution in [3.05, 3.63) is 57.5 Å². The summed E-state index contributed by atoms with van der Waals surface area (Å²) >= 11 is 35.0. The van der Waals surface area contributed by atoms with Crippen LogP contribution < -0.4 is 16.0 Å². The number of urea groups is 1. The largest absolute Gasteiger partial charge is 0.421 e. The van der Waals surface area contributed by atoms with E-state index in [0.717, 1.165) is 0 Å². The Labute approximate surface area is 190 Å². The zero-order valence-electron chi connectivity index (χ0n) is 13.6. The lowest BCUT2D eigenvalue weighted by molar-refractivity contribution is 0.0985. The summed E-state index contributed by atoms with van der Waals surface area (Å²) < 4.78 is 2.84. The molecule has 150 valence electrons. The normalized spacial score (nSPS) is 12.1. The average Bonchev–Trinajstić information content (AvgIpc) is 2.59. The topological polar surface area (TPSA) is 79.5 Å². The molecule has 0 aliphatic carbocycles. The highest BCUT2D eigenvalue weighted by atomic mass is 35.6. The molecule has 0 spiro atoms. The minimum atomic E-state index is -2.16. The predicted molar refractivity (Wildman–Crippen MR) is 114 cm³/mol. The number of para-hydroxylation sites is 1. The van der Waals surface area contributed by atoms with Crippen LogP contribution in [0.1, 0.15) is 0 Å². The number of anilines is 2. The number of carbonyl (C=O) groups is 2. The summed E-state index contributed by atoms with van der Waals surface area (Å²) in [7, 11) is 0. The van der Waals surface area contributed by atoms with Crippen molar-refractivity contribution >= 4 is 93.1 Å². The quantitative estimate of drug-likeness (QED) is 0.319. The number of hydrogen-bond acceptors (Lipinski definition) is 3. The summed E-state index contributed by atoms with van der Waals surface area (Å²) in [6.45, 7) is 0. The van der Waals surface area contributed by atoms with Crippen molar-refractivity contribution in [2.45, 2.75) is 10.0 Å². The third kappa shape index (κ3) is 6.95. The first-order valence-corrected chi connectivity index (χ1v) is 9.64. The molecule has 2 rings (SSSR count). The Bertz CT molecular complexity index is 875. The first-order chi connectivity index (χ1) is 13.1. The smallest absolute Gasteiger partial charge is 0.413 e. The lowest BCUT2D eigenvalue weighted by atomic mass is 10.3. The molecule has 0 heterocycles. The fourth-order valence-electron chi connectivity index (χ4n) is 1.85. The van der Waals surface area contributed by atoms with Gasteiger partial charge in [-0.3, -0.25) is 10.6 Å². The maximum absolute atomic E-state index is 12.1. The Morgan fingerprint density at radius 2 is 1.57 bits per heavy atom. The fraction of sp³-hybridized carbons (Fsp3) is 0.125. The summed E-state index contributed by atoms with van der Waals surface area (Å²) in [6.07, 6.45) is -2.63. The van der Waals surface area contributed by atoms with Gasteiger partial charge in [-0.25, -0.2) is 9.59 Å². The first kappa shape index (κ1) is 23.0. The van der Waals surface area contributed by atoms with E-state index in [1.165, 1.54) is 18.2 Å². The van der Waals surface area contributed by atoms with E-state index in [-0.39, 0.29) is 10.7 Å². The number of halogens is 6. The van der Waals surface area contributed by atoms with E-state index in [2.05, 4.69) is 16.0 Å². The van der Waals surface area contributed by atoms with Crippen LogP contribution in [0.15, 0.2) is 42.5 Å². The zero-order valence-corrected chi connectivity index (χ0v) is 18.1. The van der Waals surface area contributed by atoms with E-state index in [1.54, 1.807) is 24.3 Å². The summed E-state index contributed by atoms with van der Waals surface area (Å²) in [4.78, 5) is 24.2. The highest BCUT2D eigenvalue weighted by Gasteiger charge is 2.37. The number of hydrogen-bond donors (Lipinski definition) is 3. The third-order valence-electron chi connectivity index (χ3n) is 3.07. The van der Waals surface area contributed by atoms with Gasteiger partial charge in [0.15, 0.2) is 0 Å². The average molecular weight is 506 g/mol. The maximum Gasteiger partial charge on any atom is 0.413 e. The van der Waals surface area contributed by atoms with E-state index in [4.69, 9.17) is 74.3 Å². The molecular formula is C16H11Cl6N3O3. The van der Waals surface area contributed by atoms with Crippen LogP contribution in [0.25, 0.3) is 0 Å². The molecule has 0 aliphatic heterocycles. The van der Waals surface area contributed by atoms with Gasteiger partial charge in [-0.2, -0.15) is 0 Å². The fourth-order valence-corrected chi connectivity index (χ4v) is 2.62. The van der Waals surface area contributed by atoms with Gasteiger partial charge in [0.2, 0.25) is 10.0 Å². The molecule has 0 fully saturated rings. The van der Waals surface area contributed by atoms with Gasteiger partial charge in [0, 0.05) is 5.69 Å². The molecule has 2 aromatic rings. The molecule has 0 saturated heterocycles. The molecule has 6 nitrogen and oxygen atoms in total. The summed E-state index contributed by atoms with van der Waals surface area (Å²) in [5, 5.41) is 7.87. The maximum atomic E-state index is 12.1. The van der Waals surface area contributed by atoms with Crippen LogP contribution in [0.2, 0.25) is 15.1 Å². The molecule has 0 aromatic heterocycles. The Morgan fingerprint density at radius 1 is 0.893 bits per heavy atom. The molecule has 1 atom stereocenters. The van der Waals surface area contributed by atoms with E-state index in [1.807, 2.05) is 0 Å². The van der Waals surface area contributed by atoms with Gasteiger partial charge < -0.3 is 10.1 Å². The van der Waals surface area contributed by atoms with Crippen molar-refractivity contribution in [3.8, 4) is 0 Å². The minimum absolute atomic E-state index is 0.217. The molecule has 0 radical (unpaired) electrons. The second-order valence-electron chi connectivity index (χ2n) is 5.16. The van der Waals surface area contributed by atoms with E-state index in [9.17, 15) is 9.59 Å². The van der Waals surface area contributed by atoms with Gasteiger partial charge in [0.1, 0.15) is 0 Å². The minimum Gasteiger partial charge on any atom is -0.421 e. The lowest BCUT2D eigenvalue weighted by Gasteiger charge is -2.25. The number of nitrogens with one attached hydrogen (secondary N) is 3. The Kier molecular flexibility index (Phi) is 8.18.